The summed E-state index contributed by atoms with van der Waals surface area (Å²) in [5.41, 5.74) is 2.71. The molecule has 0 spiro atoms. The molecule has 0 aliphatic heterocycles. The lowest BCUT2D eigenvalue weighted by Gasteiger charge is -2.19. The summed E-state index contributed by atoms with van der Waals surface area (Å²) in [5, 5.41) is 9.20. The fourth-order valence-electron chi connectivity index (χ4n) is 3.18. The molecule has 0 atom stereocenters. The highest BCUT2D eigenvalue weighted by atomic mass is 16.5. The Labute approximate surface area is 198 Å². The standard InChI is InChI=1S/C27H27N3O4/c1-27(2,26(31)32)18-34-23-11-8-19(9-12-23)24-13-10-20(16-28-24)25-29-17-21(30-25)14-15-33-22-6-4-3-5-7-22/h3-13,16-17H,14-15,18H2,1-2H3,(H,29,30)(H,31,32). The van der Waals surface area contributed by atoms with Gasteiger partial charge in [0.15, 0.2) is 0 Å². The summed E-state index contributed by atoms with van der Waals surface area (Å²) in [5.74, 6) is 1.34. The average molecular weight is 458 g/mol. The predicted octanol–water partition coefficient (Wildman–Crippen LogP) is 5.25. The Bertz CT molecular complexity index is 1220. The lowest BCUT2D eigenvalue weighted by molar-refractivity contribution is -0.148. The van der Waals surface area contributed by atoms with Gasteiger partial charge in [0.25, 0.3) is 0 Å². The van der Waals surface area contributed by atoms with E-state index in [-0.39, 0.29) is 6.61 Å². The number of aromatic nitrogens is 3. The Morgan fingerprint density at radius 1 is 0.882 bits per heavy atom. The highest BCUT2D eigenvalue weighted by Crippen LogP contribution is 2.25. The minimum atomic E-state index is -0.948. The molecule has 2 aromatic carbocycles. The first-order valence-electron chi connectivity index (χ1n) is 11.1. The normalized spacial score (nSPS) is 11.2. The lowest BCUT2D eigenvalue weighted by atomic mass is 9.95. The van der Waals surface area contributed by atoms with Crippen LogP contribution in [0, 0.1) is 5.41 Å². The van der Waals surface area contributed by atoms with Crippen LogP contribution in [0.25, 0.3) is 22.6 Å². The van der Waals surface area contributed by atoms with Crippen molar-refractivity contribution in [2.75, 3.05) is 13.2 Å². The van der Waals surface area contributed by atoms with Crippen LogP contribution in [0.15, 0.2) is 79.1 Å². The number of nitrogens with one attached hydrogen (secondary N) is 1. The molecule has 0 saturated carbocycles. The summed E-state index contributed by atoms with van der Waals surface area (Å²) in [7, 11) is 0. The van der Waals surface area contributed by atoms with E-state index < -0.39 is 11.4 Å². The van der Waals surface area contributed by atoms with Gasteiger partial charge in [-0.15, -0.1) is 0 Å². The van der Waals surface area contributed by atoms with Gasteiger partial charge in [-0.3, -0.25) is 9.78 Å². The van der Waals surface area contributed by atoms with Gasteiger partial charge in [0, 0.05) is 35.6 Å². The number of hydrogen-bond acceptors (Lipinski definition) is 5. The Hall–Kier alpha value is -4.13. The second kappa shape index (κ2) is 10.2. The fourth-order valence-corrected chi connectivity index (χ4v) is 3.18. The molecule has 2 N–H and O–H groups in total. The molecule has 4 aromatic rings. The first kappa shape index (κ1) is 23.0. The van der Waals surface area contributed by atoms with Gasteiger partial charge in [-0.1, -0.05) is 18.2 Å². The summed E-state index contributed by atoms with van der Waals surface area (Å²) < 4.78 is 11.4. The Morgan fingerprint density at radius 2 is 1.59 bits per heavy atom. The van der Waals surface area contributed by atoms with Crippen LogP contribution in [-0.2, 0) is 11.2 Å². The van der Waals surface area contributed by atoms with E-state index in [0.717, 1.165) is 40.5 Å². The third kappa shape index (κ3) is 5.81. The predicted molar refractivity (Wildman–Crippen MR) is 130 cm³/mol. The van der Waals surface area contributed by atoms with Crippen molar-refractivity contribution in [3.63, 3.8) is 0 Å². The molecular formula is C27H27N3O4. The smallest absolute Gasteiger partial charge is 0.312 e. The van der Waals surface area contributed by atoms with Gasteiger partial charge in [0.05, 0.1) is 17.7 Å². The number of imidazole rings is 1. The van der Waals surface area contributed by atoms with Gasteiger partial charge in [-0.25, -0.2) is 4.98 Å². The van der Waals surface area contributed by atoms with Gasteiger partial charge >= 0.3 is 5.97 Å². The minimum Gasteiger partial charge on any atom is -0.493 e. The van der Waals surface area contributed by atoms with Crippen molar-refractivity contribution in [2.24, 2.45) is 5.41 Å². The largest absolute Gasteiger partial charge is 0.493 e. The van der Waals surface area contributed by atoms with Gasteiger partial charge in [0.1, 0.15) is 23.9 Å². The fraction of sp³-hybridized carbons (Fsp3) is 0.222. The van der Waals surface area contributed by atoms with E-state index in [0.29, 0.717) is 12.4 Å². The summed E-state index contributed by atoms with van der Waals surface area (Å²) in [4.78, 5) is 23.6. The molecule has 4 rings (SSSR count). The van der Waals surface area contributed by atoms with E-state index in [9.17, 15) is 9.90 Å². The number of aliphatic carboxylic acids is 1. The van der Waals surface area contributed by atoms with Gasteiger partial charge in [-0.05, 0) is 62.4 Å². The zero-order valence-electron chi connectivity index (χ0n) is 19.2. The second-order valence-corrected chi connectivity index (χ2v) is 8.60. The molecule has 0 aliphatic carbocycles. The third-order valence-corrected chi connectivity index (χ3v) is 5.38. The van der Waals surface area contributed by atoms with Crippen LogP contribution in [0.3, 0.4) is 0 Å². The topological polar surface area (TPSA) is 97.3 Å². The van der Waals surface area contributed by atoms with Crippen LogP contribution in [0.1, 0.15) is 19.5 Å². The molecule has 2 aromatic heterocycles. The zero-order chi connectivity index (χ0) is 24.0. The highest BCUT2D eigenvalue weighted by Gasteiger charge is 2.28. The van der Waals surface area contributed by atoms with Gasteiger partial charge < -0.3 is 19.6 Å². The molecule has 0 amide bonds. The summed E-state index contributed by atoms with van der Waals surface area (Å²) >= 11 is 0. The maximum absolute atomic E-state index is 11.2. The molecule has 0 bridgehead atoms. The average Bonchev–Trinajstić information content (AvgIpc) is 3.33. The van der Waals surface area contributed by atoms with Gasteiger partial charge in [-0.2, -0.15) is 0 Å². The molecule has 0 fully saturated rings. The summed E-state index contributed by atoms with van der Waals surface area (Å²) in [6.07, 6.45) is 4.34. The molecule has 7 heteroatoms. The highest BCUT2D eigenvalue weighted by molar-refractivity contribution is 5.73. The Morgan fingerprint density at radius 3 is 2.26 bits per heavy atom. The molecule has 0 radical (unpaired) electrons. The van der Waals surface area contributed by atoms with Crippen LogP contribution in [0.4, 0.5) is 0 Å². The van der Waals surface area contributed by atoms with Crippen molar-refractivity contribution >= 4 is 5.97 Å². The Balaban J connectivity index is 1.33. The molecule has 34 heavy (non-hydrogen) atoms. The first-order valence-corrected chi connectivity index (χ1v) is 11.1. The van der Waals surface area contributed by atoms with Crippen LogP contribution in [-0.4, -0.2) is 39.2 Å². The number of ether oxygens (including phenoxy) is 2. The molecule has 2 heterocycles. The maximum Gasteiger partial charge on any atom is 0.312 e. The van der Waals surface area contributed by atoms with Crippen LogP contribution in [0.2, 0.25) is 0 Å². The number of rotatable bonds is 10. The van der Waals surface area contributed by atoms with Crippen molar-refractivity contribution in [3.8, 4) is 34.1 Å². The molecule has 174 valence electrons. The number of H-pyrrole nitrogens is 1. The molecule has 7 nitrogen and oxygen atoms in total. The molecule has 0 saturated heterocycles. The molecule has 0 unspecified atom stereocenters. The molecule has 0 aliphatic rings. The van der Waals surface area contributed by atoms with Crippen LogP contribution >= 0.6 is 0 Å². The van der Waals surface area contributed by atoms with Crippen molar-refractivity contribution in [3.05, 3.63) is 84.8 Å². The van der Waals surface area contributed by atoms with E-state index in [1.165, 1.54) is 0 Å². The van der Waals surface area contributed by atoms with Crippen molar-refractivity contribution in [2.45, 2.75) is 20.3 Å². The number of para-hydroxylation sites is 1. The summed E-state index contributed by atoms with van der Waals surface area (Å²) in [6.45, 7) is 3.93. The van der Waals surface area contributed by atoms with E-state index >= 15 is 0 Å². The van der Waals surface area contributed by atoms with E-state index in [4.69, 9.17) is 9.47 Å². The minimum absolute atomic E-state index is 0.0954. The van der Waals surface area contributed by atoms with Gasteiger partial charge in [0.2, 0.25) is 0 Å². The van der Waals surface area contributed by atoms with E-state index in [2.05, 4.69) is 15.0 Å². The number of benzene rings is 2. The Kier molecular flexibility index (Phi) is 6.92. The number of hydrogen-bond donors (Lipinski definition) is 2. The van der Waals surface area contributed by atoms with E-state index in [1.54, 1.807) is 20.0 Å². The van der Waals surface area contributed by atoms with Crippen molar-refractivity contribution in [1.82, 2.24) is 15.0 Å². The number of pyridine rings is 1. The number of nitrogens with zero attached hydrogens (tertiary/aromatic N) is 2. The maximum atomic E-state index is 11.2. The van der Waals surface area contributed by atoms with Crippen molar-refractivity contribution in [1.29, 1.82) is 0 Å². The number of aromatic amines is 1. The van der Waals surface area contributed by atoms with Crippen molar-refractivity contribution < 1.29 is 19.4 Å². The van der Waals surface area contributed by atoms with Crippen LogP contribution < -0.4 is 9.47 Å². The van der Waals surface area contributed by atoms with Crippen LogP contribution in [0.5, 0.6) is 11.5 Å². The molecular weight excluding hydrogens is 430 g/mol. The second-order valence-electron chi connectivity index (χ2n) is 8.60. The lowest BCUT2D eigenvalue weighted by Crippen LogP contribution is -2.30. The SMILES string of the molecule is CC(C)(COc1ccc(-c2ccc(-c3ncc(CCOc4ccccc4)[nH]3)cn2)cc1)C(=O)O. The third-order valence-electron chi connectivity index (χ3n) is 5.38. The number of carbonyl (C=O) groups is 1. The first-order chi connectivity index (χ1) is 16.4. The quantitative estimate of drug-likeness (QED) is 0.338. The summed E-state index contributed by atoms with van der Waals surface area (Å²) in [6, 6.07) is 21.1. The van der Waals surface area contributed by atoms with E-state index in [1.807, 2.05) is 72.9 Å². The zero-order valence-corrected chi connectivity index (χ0v) is 19.2. The number of carboxylic acids is 1. The number of carboxylic acid groups (broad SMARTS) is 1. The monoisotopic (exact) mass is 457 g/mol.